The Morgan fingerprint density at radius 3 is 2.43 bits per heavy atom. The van der Waals surface area contributed by atoms with Crippen LogP contribution in [-0.2, 0) is 6.42 Å². The fourth-order valence-corrected chi connectivity index (χ4v) is 2.57. The molecule has 0 unspecified atom stereocenters. The lowest BCUT2D eigenvalue weighted by Crippen LogP contribution is -1.88. The summed E-state index contributed by atoms with van der Waals surface area (Å²) < 4.78 is 5.72. The highest BCUT2D eigenvalue weighted by atomic mass is 16.4. The minimum absolute atomic E-state index is 0.213. The Bertz CT molecular complexity index is 958. The van der Waals surface area contributed by atoms with Gasteiger partial charge in [-0.3, -0.25) is 0 Å². The van der Waals surface area contributed by atoms with Crippen LogP contribution in [0.5, 0.6) is 5.75 Å². The van der Waals surface area contributed by atoms with E-state index in [4.69, 9.17) is 4.42 Å². The van der Waals surface area contributed by atoms with Crippen LogP contribution in [-0.4, -0.2) is 15.3 Å². The van der Waals surface area contributed by atoms with Gasteiger partial charge < -0.3 is 9.52 Å². The lowest BCUT2D eigenvalue weighted by molar-refractivity contribution is 0.475. The Kier molecular flexibility index (Phi) is 3.27. The van der Waals surface area contributed by atoms with E-state index in [-0.39, 0.29) is 5.75 Å². The molecule has 3 aromatic carbocycles. The minimum Gasteiger partial charge on any atom is -0.508 e. The molecule has 112 valence electrons. The molecule has 4 nitrogen and oxygen atoms in total. The van der Waals surface area contributed by atoms with Crippen LogP contribution in [0.4, 0.5) is 0 Å². The number of nitrogens with zero attached hydrogens (tertiary/aromatic N) is 2. The molecular formula is C19H14N2O2. The van der Waals surface area contributed by atoms with E-state index < -0.39 is 0 Å². The summed E-state index contributed by atoms with van der Waals surface area (Å²) in [7, 11) is 0. The highest BCUT2D eigenvalue weighted by Crippen LogP contribution is 2.22. The zero-order chi connectivity index (χ0) is 15.6. The van der Waals surface area contributed by atoms with Crippen LogP contribution in [0.2, 0.25) is 0 Å². The standard InChI is InChI=1S/C19H14N2O2/c22-17-9-7-15(8-10-17)19-21-20-18(23-19)12-13-5-6-14-3-1-2-4-16(14)11-13/h1-11,22H,12H2. The fourth-order valence-electron chi connectivity index (χ4n) is 2.57. The average Bonchev–Trinajstić information content (AvgIpc) is 3.04. The number of fused-ring (bicyclic) bond motifs is 1. The van der Waals surface area contributed by atoms with Gasteiger partial charge in [0.2, 0.25) is 11.8 Å². The van der Waals surface area contributed by atoms with Crippen LogP contribution in [0.25, 0.3) is 22.2 Å². The summed E-state index contributed by atoms with van der Waals surface area (Å²) in [5.41, 5.74) is 1.92. The molecule has 0 amide bonds. The molecule has 1 heterocycles. The van der Waals surface area contributed by atoms with Gasteiger partial charge in [0.25, 0.3) is 0 Å². The smallest absolute Gasteiger partial charge is 0.247 e. The van der Waals surface area contributed by atoms with E-state index in [1.54, 1.807) is 24.3 Å². The van der Waals surface area contributed by atoms with Crippen molar-refractivity contribution in [1.82, 2.24) is 10.2 Å². The molecule has 0 aliphatic carbocycles. The molecule has 1 N–H and O–H groups in total. The Labute approximate surface area is 133 Å². The summed E-state index contributed by atoms with van der Waals surface area (Å²) in [6, 6.07) is 21.3. The minimum atomic E-state index is 0.213. The molecule has 0 spiro atoms. The maximum atomic E-state index is 9.32. The van der Waals surface area contributed by atoms with Crippen molar-refractivity contribution in [2.75, 3.05) is 0 Å². The average molecular weight is 302 g/mol. The van der Waals surface area contributed by atoms with Crippen molar-refractivity contribution in [2.24, 2.45) is 0 Å². The molecule has 4 aromatic rings. The second-order valence-electron chi connectivity index (χ2n) is 5.41. The molecule has 0 saturated carbocycles. The molecule has 0 radical (unpaired) electrons. The SMILES string of the molecule is Oc1ccc(-c2nnc(Cc3ccc4ccccc4c3)o2)cc1. The van der Waals surface area contributed by atoms with E-state index >= 15 is 0 Å². The van der Waals surface area contributed by atoms with Crippen molar-refractivity contribution in [1.29, 1.82) is 0 Å². The van der Waals surface area contributed by atoms with E-state index in [1.807, 2.05) is 12.1 Å². The van der Waals surface area contributed by atoms with Crippen LogP contribution in [0.3, 0.4) is 0 Å². The zero-order valence-corrected chi connectivity index (χ0v) is 12.3. The molecule has 0 aliphatic heterocycles. The van der Waals surface area contributed by atoms with Crippen LogP contribution in [0.15, 0.2) is 71.1 Å². The van der Waals surface area contributed by atoms with Gasteiger partial charge in [0.15, 0.2) is 0 Å². The molecule has 0 fully saturated rings. The predicted molar refractivity (Wildman–Crippen MR) is 88.2 cm³/mol. The van der Waals surface area contributed by atoms with Gasteiger partial charge in [-0.15, -0.1) is 10.2 Å². The number of aromatic hydroxyl groups is 1. The highest BCUT2D eigenvalue weighted by Gasteiger charge is 2.09. The zero-order valence-electron chi connectivity index (χ0n) is 12.3. The van der Waals surface area contributed by atoms with Gasteiger partial charge in [-0.2, -0.15) is 0 Å². The second kappa shape index (κ2) is 5.57. The van der Waals surface area contributed by atoms with Crippen molar-refractivity contribution >= 4 is 10.8 Å². The van der Waals surface area contributed by atoms with Crippen molar-refractivity contribution in [2.45, 2.75) is 6.42 Å². The topological polar surface area (TPSA) is 59.2 Å². The Morgan fingerprint density at radius 2 is 1.61 bits per heavy atom. The monoisotopic (exact) mass is 302 g/mol. The first-order valence-electron chi connectivity index (χ1n) is 7.37. The van der Waals surface area contributed by atoms with Gasteiger partial charge >= 0.3 is 0 Å². The number of phenolic OH excluding ortho intramolecular Hbond substituents is 1. The molecule has 0 bridgehead atoms. The van der Waals surface area contributed by atoms with Gasteiger partial charge in [-0.1, -0.05) is 42.5 Å². The maximum Gasteiger partial charge on any atom is 0.247 e. The first-order valence-corrected chi connectivity index (χ1v) is 7.37. The normalized spacial score (nSPS) is 11.0. The third kappa shape index (κ3) is 2.79. The van der Waals surface area contributed by atoms with Crippen molar-refractivity contribution < 1.29 is 9.52 Å². The van der Waals surface area contributed by atoms with E-state index in [0.29, 0.717) is 18.2 Å². The van der Waals surface area contributed by atoms with E-state index in [2.05, 4.69) is 40.5 Å². The lowest BCUT2D eigenvalue weighted by Gasteiger charge is -2.01. The van der Waals surface area contributed by atoms with Crippen LogP contribution in [0, 0.1) is 0 Å². The number of hydrogen-bond acceptors (Lipinski definition) is 4. The first-order chi connectivity index (χ1) is 11.3. The summed E-state index contributed by atoms with van der Waals surface area (Å²) in [6.45, 7) is 0. The van der Waals surface area contributed by atoms with E-state index in [9.17, 15) is 5.11 Å². The molecule has 4 rings (SSSR count). The van der Waals surface area contributed by atoms with Gasteiger partial charge in [0.1, 0.15) is 5.75 Å². The first kappa shape index (κ1) is 13.5. The summed E-state index contributed by atoms with van der Waals surface area (Å²) in [6.07, 6.45) is 0.593. The quantitative estimate of drug-likeness (QED) is 0.616. The number of rotatable bonds is 3. The van der Waals surface area contributed by atoms with Gasteiger partial charge in [0.05, 0.1) is 6.42 Å². The molecule has 0 aliphatic rings. The van der Waals surface area contributed by atoms with E-state index in [1.165, 1.54) is 10.8 Å². The van der Waals surface area contributed by atoms with Crippen molar-refractivity contribution in [3.05, 3.63) is 78.2 Å². The molecule has 0 atom stereocenters. The van der Waals surface area contributed by atoms with Crippen LogP contribution >= 0.6 is 0 Å². The fraction of sp³-hybridized carbons (Fsp3) is 0.0526. The highest BCUT2D eigenvalue weighted by molar-refractivity contribution is 5.83. The summed E-state index contributed by atoms with van der Waals surface area (Å²) in [5.74, 6) is 1.24. The van der Waals surface area contributed by atoms with Crippen LogP contribution in [0.1, 0.15) is 11.5 Å². The Balaban J connectivity index is 1.60. The molecule has 1 aromatic heterocycles. The van der Waals surface area contributed by atoms with Gasteiger partial charge in [0, 0.05) is 5.56 Å². The third-order valence-corrected chi connectivity index (χ3v) is 3.75. The van der Waals surface area contributed by atoms with Crippen molar-refractivity contribution in [3.63, 3.8) is 0 Å². The summed E-state index contributed by atoms with van der Waals surface area (Å²) >= 11 is 0. The Morgan fingerprint density at radius 1 is 0.826 bits per heavy atom. The van der Waals surface area contributed by atoms with Crippen molar-refractivity contribution in [3.8, 4) is 17.2 Å². The number of phenols is 1. The molecular weight excluding hydrogens is 288 g/mol. The number of hydrogen-bond donors (Lipinski definition) is 1. The Hall–Kier alpha value is -3.14. The molecule has 4 heteroatoms. The molecule has 23 heavy (non-hydrogen) atoms. The summed E-state index contributed by atoms with van der Waals surface area (Å²) in [5, 5.41) is 19.9. The maximum absolute atomic E-state index is 9.32. The third-order valence-electron chi connectivity index (χ3n) is 3.75. The predicted octanol–water partition coefficient (Wildman–Crippen LogP) is 4.19. The second-order valence-corrected chi connectivity index (χ2v) is 5.41. The number of aromatic nitrogens is 2. The van der Waals surface area contributed by atoms with Crippen LogP contribution < -0.4 is 0 Å². The van der Waals surface area contributed by atoms with Gasteiger partial charge in [-0.05, 0) is 40.6 Å². The van der Waals surface area contributed by atoms with Gasteiger partial charge in [-0.25, -0.2) is 0 Å². The van der Waals surface area contributed by atoms with E-state index in [0.717, 1.165) is 11.1 Å². The lowest BCUT2D eigenvalue weighted by atomic mass is 10.1. The molecule has 0 saturated heterocycles. The summed E-state index contributed by atoms with van der Waals surface area (Å²) in [4.78, 5) is 0. The number of benzene rings is 3. The largest absolute Gasteiger partial charge is 0.508 e.